The van der Waals surface area contributed by atoms with E-state index in [1.54, 1.807) is 24.3 Å². The van der Waals surface area contributed by atoms with Gasteiger partial charge >= 0.3 is 11.9 Å². The van der Waals surface area contributed by atoms with E-state index in [9.17, 15) is 9.59 Å². The maximum Gasteiger partial charge on any atom is 0.377 e. The van der Waals surface area contributed by atoms with Crippen LogP contribution in [0.1, 0.15) is 15.9 Å². The second-order valence-corrected chi connectivity index (χ2v) is 4.87. The molecule has 0 aliphatic heterocycles. The Balaban J connectivity index is 2.15. The number of esters is 2. The fourth-order valence-electron chi connectivity index (χ4n) is 1.97. The van der Waals surface area contributed by atoms with Crippen molar-refractivity contribution in [2.75, 3.05) is 14.2 Å². The molecule has 0 aromatic heterocycles. The molecule has 0 saturated carbocycles. The highest BCUT2D eigenvalue weighted by atomic mass is 16.6. The van der Waals surface area contributed by atoms with E-state index < -0.39 is 11.9 Å². The van der Waals surface area contributed by atoms with E-state index in [1.807, 2.05) is 30.3 Å². The molecule has 0 N–H and O–H groups in total. The van der Waals surface area contributed by atoms with Gasteiger partial charge in [-0.3, -0.25) is 0 Å². The second kappa shape index (κ2) is 9.12. The Labute approximate surface area is 145 Å². The van der Waals surface area contributed by atoms with Crippen molar-refractivity contribution in [1.29, 1.82) is 0 Å². The van der Waals surface area contributed by atoms with Crippen LogP contribution in [0.25, 0.3) is 0 Å². The Bertz CT molecular complexity index is 752. The van der Waals surface area contributed by atoms with Gasteiger partial charge in [-0.25, -0.2) is 9.59 Å². The Morgan fingerprint density at radius 3 is 2.32 bits per heavy atom. The lowest BCUT2D eigenvalue weighted by atomic mass is 10.2. The van der Waals surface area contributed by atoms with E-state index in [-0.39, 0.29) is 23.7 Å². The minimum atomic E-state index is -0.727. The number of hydrogen-bond donors (Lipinski definition) is 0. The van der Waals surface area contributed by atoms with Gasteiger partial charge in [-0.15, -0.1) is 0 Å². The molecule has 2 aromatic carbocycles. The molecule has 6 heteroatoms. The van der Waals surface area contributed by atoms with Crippen molar-refractivity contribution in [1.82, 2.24) is 0 Å². The molecule has 0 aliphatic rings. The lowest BCUT2D eigenvalue weighted by molar-refractivity contribution is -0.138. The highest BCUT2D eigenvalue weighted by Crippen LogP contribution is 2.22. The molecule has 2 aromatic rings. The van der Waals surface area contributed by atoms with Crippen molar-refractivity contribution in [3.8, 4) is 5.75 Å². The van der Waals surface area contributed by atoms with Crippen LogP contribution in [0.15, 0.2) is 66.6 Å². The van der Waals surface area contributed by atoms with Gasteiger partial charge in [0.25, 0.3) is 0 Å². The number of rotatable bonds is 7. The molecule has 0 radical (unpaired) electrons. The predicted octanol–water partition coefficient (Wildman–Crippen LogP) is 3.08. The standard InChI is InChI=1S/C19H18O6/c1-22-13-17(19(21)23-2)25-16-11-7-6-10-15(16)18(20)24-12-14-8-4-3-5-9-14/h3-11,13H,12H2,1-2H3/b17-13+. The summed E-state index contributed by atoms with van der Waals surface area (Å²) in [5.74, 6) is -1.32. The zero-order chi connectivity index (χ0) is 18.1. The van der Waals surface area contributed by atoms with E-state index in [1.165, 1.54) is 14.2 Å². The van der Waals surface area contributed by atoms with Gasteiger partial charge in [-0.1, -0.05) is 42.5 Å². The van der Waals surface area contributed by atoms with Crippen molar-refractivity contribution in [3.05, 3.63) is 77.7 Å². The molecule has 2 rings (SSSR count). The smallest absolute Gasteiger partial charge is 0.377 e. The fraction of sp³-hybridized carbons (Fsp3) is 0.158. The third-order valence-electron chi connectivity index (χ3n) is 3.15. The van der Waals surface area contributed by atoms with E-state index in [2.05, 4.69) is 4.74 Å². The molecule has 0 aliphatic carbocycles. The van der Waals surface area contributed by atoms with Gasteiger partial charge < -0.3 is 18.9 Å². The third kappa shape index (κ3) is 5.10. The van der Waals surface area contributed by atoms with Crippen molar-refractivity contribution < 1.29 is 28.5 Å². The van der Waals surface area contributed by atoms with E-state index in [0.29, 0.717) is 0 Å². The lowest BCUT2D eigenvalue weighted by Gasteiger charge is -2.12. The SMILES string of the molecule is CO/C=C(/Oc1ccccc1C(=O)OCc1ccccc1)C(=O)OC. The average molecular weight is 342 g/mol. The molecule has 6 nitrogen and oxygen atoms in total. The summed E-state index contributed by atoms with van der Waals surface area (Å²) in [4.78, 5) is 24.0. The summed E-state index contributed by atoms with van der Waals surface area (Å²) in [7, 11) is 2.58. The molecule has 0 fully saturated rings. The largest absolute Gasteiger partial charge is 0.500 e. The topological polar surface area (TPSA) is 71.1 Å². The van der Waals surface area contributed by atoms with Crippen LogP contribution < -0.4 is 4.74 Å². The third-order valence-corrected chi connectivity index (χ3v) is 3.15. The van der Waals surface area contributed by atoms with E-state index >= 15 is 0 Å². The number of ether oxygens (including phenoxy) is 4. The summed E-state index contributed by atoms with van der Waals surface area (Å²) in [6.07, 6.45) is 1.10. The Morgan fingerprint density at radius 2 is 1.64 bits per heavy atom. The number of carbonyl (C=O) groups excluding carboxylic acids is 2. The molecule has 25 heavy (non-hydrogen) atoms. The normalized spacial score (nSPS) is 10.7. The minimum Gasteiger partial charge on any atom is -0.500 e. The van der Waals surface area contributed by atoms with Crippen LogP contribution in [-0.2, 0) is 25.6 Å². The van der Waals surface area contributed by atoms with Crippen LogP contribution in [0.2, 0.25) is 0 Å². The van der Waals surface area contributed by atoms with Gasteiger partial charge in [0.15, 0.2) is 0 Å². The van der Waals surface area contributed by atoms with E-state index in [0.717, 1.165) is 11.8 Å². The van der Waals surface area contributed by atoms with Crippen LogP contribution >= 0.6 is 0 Å². The van der Waals surface area contributed by atoms with Gasteiger partial charge in [0.1, 0.15) is 24.2 Å². The first-order valence-corrected chi connectivity index (χ1v) is 7.45. The van der Waals surface area contributed by atoms with Gasteiger partial charge in [0.2, 0.25) is 5.76 Å². The highest BCUT2D eigenvalue weighted by Gasteiger charge is 2.19. The maximum atomic E-state index is 12.3. The van der Waals surface area contributed by atoms with Crippen molar-refractivity contribution in [2.24, 2.45) is 0 Å². The fourth-order valence-corrected chi connectivity index (χ4v) is 1.97. The molecule has 130 valence electrons. The first-order valence-electron chi connectivity index (χ1n) is 7.45. The molecule has 0 atom stereocenters. The van der Waals surface area contributed by atoms with Crippen LogP contribution in [0, 0.1) is 0 Å². The summed E-state index contributed by atoms with van der Waals surface area (Å²) in [6, 6.07) is 15.7. The molecule has 0 unspecified atom stereocenters. The summed E-state index contributed by atoms with van der Waals surface area (Å²) >= 11 is 0. The second-order valence-electron chi connectivity index (χ2n) is 4.87. The van der Waals surface area contributed by atoms with Crippen LogP contribution in [0.4, 0.5) is 0 Å². The molecule has 0 saturated heterocycles. The number of hydrogen-bond acceptors (Lipinski definition) is 6. The molecule has 0 heterocycles. The zero-order valence-electron chi connectivity index (χ0n) is 13.9. The maximum absolute atomic E-state index is 12.3. The Hall–Kier alpha value is -3.28. The van der Waals surface area contributed by atoms with Gasteiger partial charge in [-0.2, -0.15) is 0 Å². The van der Waals surface area contributed by atoms with Crippen LogP contribution in [-0.4, -0.2) is 26.2 Å². The quantitative estimate of drug-likeness (QED) is 0.437. The predicted molar refractivity (Wildman–Crippen MR) is 89.7 cm³/mol. The Kier molecular flexibility index (Phi) is 6.59. The summed E-state index contributed by atoms with van der Waals surface area (Å²) in [5, 5.41) is 0. The average Bonchev–Trinajstić information content (AvgIpc) is 2.66. The Morgan fingerprint density at radius 1 is 0.960 bits per heavy atom. The highest BCUT2D eigenvalue weighted by molar-refractivity contribution is 5.93. The summed E-state index contributed by atoms with van der Waals surface area (Å²) in [5.41, 5.74) is 1.05. The lowest BCUT2D eigenvalue weighted by Crippen LogP contribution is -2.14. The van der Waals surface area contributed by atoms with Crippen LogP contribution in [0.5, 0.6) is 5.75 Å². The summed E-state index contributed by atoms with van der Waals surface area (Å²) < 4.78 is 20.2. The molecular formula is C19H18O6. The monoisotopic (exact) mass is 342 g/mol. The molecule has 0 bridgehead atoms. The zero-order valence-corrected chi connectivity index (χ0v) is 13.9. The molecular weight excluding hydrogens is 324 g/mol. The number of para-hydroxylation sites is 1. The van der Waals surface area contributed by atoms with Gasteiger partial charge in [0, 0.05) is 0 Å². The molecule has 0 spiro atoms. The molecule has 0 amide bonds. The number of benzene rings is 2. The van der Waals surface area contributed by atoms with E-state index in [4.69, 9.17) is 14.2 Å². The van der Waals surface area contributed by atoms with Gasteiger partial charge in [-0.05, 0) is 17.7 Å². The first-order chi connectivity index (χ1) is 12.2. The first kappa shape index (κ1) is 18.1. The van der Waals surface area contributed by atoms with Crippen molar-refractivity contribution >= 4 is 11.9 Å². The van der Waals surface area contributed by atoms with Crippen molar-refractivity contribution in [2.45, 2.75) is 6.61 Å². The summed E-state index contributed by atoms with van der Waals surface area (Å²) in [6.45, 7) is 0.131. The number of methoxy groups -OCH3 is 2. The number of carbonyl (C=O) groups is 2. The van der Waals surface area contributed by atoms with Gasteiger partial charge in [0.05, 0.1) is 14.2 Å². The van der Waals surface area contributed by atoms with Crippen molar-refractivity contribution in [3.63, 3.8) is 0 Å². The van der Waals surface area contributed by atoms with Crippen LogP contribution in [0.3, 0.4) is 0 Å². The minimum absolute atomic E-state index is 0.131.